The van der Waals surface area contributed by atoms with Crippen LogP contribution in [0.15, 0.2) is 18.2 Å². The van der Waals surface area contributed by atoms with Crippen molar-refractivity contribution < 1.29 is 9.50 Å². The first-order valence-electron chi connectivity index (χ1n) is 6.78. The molecule has 0 unspecified atom stereocenters. The van der Waals surface area contributed by atoms with Crippen molar-refractivity contribution in [2.75, 3.05) is 19.6 Å². The van der Waals surface area contributed by atoms with E-state index in [4.69, 9.17) is 5.73 Å². The molecule has 108 valence electrons. The molecule has 0 saturated carbocycles. The van der Waals surface area contributed by atoms with Crippen LogP contribution in [-0.2, 0) is 6.54 Å². The van der Waals surface area contributed by atoms with Gasteiger partial charge in [0, 0.05) is 18.7 Å². The van der Waals surface area contributed by atoms with Gasteiger partial charge in [-0.2, -0.15) is 0 Å². The molecule has 3 nitrogen and oxygen atoms in total. The van der Waals surface area contributed by atoms with Crippen LogP contribution in [0.25, 0.3) is 0 Å². The number of halogens is 1. The molecule has 0 atom stereocenters. The molecule has 0 bridgehead atoms. The van der Waals surface area contributed by atoms with Gasteiger partial charge in [0.15, 0.2) is 0 Å². The second-order valence-corrected chi connectivity index (χ2v) is 5.85. The van der Waals surface area contributed by atoms with E-state index in [1.54, 1.807) is 0 Å². The van der Waals surface area contributed by atoms with Gasteiger partial charge in [-0.3, -0.25) is 4.90 Å². The highest BCUT2D eigenvalue weighted by atomic mass is 19.1. The topological polar surface area (TPSA) is 49.5 Å². The Kier molecular flexibility index (Phi) is 5.76. The summed E-state index contributed by atoms with van der Waals surface area (Å²) in [6.07, 6.45) is 1.01. The Balaban J connectivity index is 2.80. The molecule has 0 spiro atoms. The lowest BCUT2D eigenvalue weighted by molar-refractivity contribution is 0.174. The first-order valence-corrected chi connectivity index (χ1v) is 6.78. The SMILES string of the molecule is CCCN(Cc1cc(F)ccc1O)CC(C)(C)CN. The van der Waals surface area contributed by atoms with Gasteiger partial charge in [-0.25, -0.2) is 4.39 Å². The van der Waals surface area contributed by atoms with Crippen molar-refractivity contribution >= 4 is 0 Å². The van der Waals surface area contributed by atoms with Gasteiger partial charge < -0.3 is 10.8 Å². The number of hydrogen-bond acceptors (Lipinski definition) is 3. The molecule has 0 amide bonds. The number of rotatable bonds is 7. The Morgan fingerprint density at radius 2 is 2.05 bits per heavy atom. The minimum Gasteiger partial charge on any atom is -0.508 e. The number of phenols is 1. The van der Waals surface area contributed by atoms with Gasteiger partial charge in [0.05, 0.1) is 0 Å². The standard InChI is InChI=1S/C15H25FN2O/c1-4-7-18(11-15(2,3)10-17)9-12-8-13(16)5-6-14(12)19/h5-6,8,19H,4,7,9-11,17H2,1-3H3. The maximum atomic E-state index is 13.2. The fourth-order valence-electron chi connectivity index (χ4n) is 2.12. The van der Waals surface area contributed by atoms with Crippen LogP contribution in [0.3, 0.4) is 0 Å². The van der Waals surface area contributed by atoms with Crippen LogP contribution >= 0.6 is 0 Å². The van der Waals surface area contributed by atoms with E-state index in [0.29, 0.717) is 18.7 Å². The van der Waals surface area contributed by atoms with E-state index in [-0.39, 0.29) is 17.0 Å². The maximum Gasteiger partial charge on any atom is 0.123 e. The largest absolute Gasteiger partial charge is 0.508 e. The predicted octanol–water partition coefficient (Wildman–Crippen LogP) is 2.73. The summed E-state index contributed by atoms with van der Waals surface area (Å²) in [5.41, 5.74) is 6.40. The summed E-state index contributed by atoms with van der Waals surface area (Å²) < 4.78 is 13.2. The third kappa shape index (κ3) is 5.17. The van der Waals surface area contributed by atoms with Gasteiger partial charge in [0.1, 0.15) is 11.6 Å². The second kappa shape index (κ2) is 6.87. The highest BCUT2D eigenvalue weighted by Gasteiger charge is 2.20. The van der Waals surface area contributed by atoms with Crippen molar-refractivity contribution in [3.8, 4) is 5.75 Å². The first kappa shape index (κ1) is 15.9. The molecule has 19 heavy (non-hydrogen) atoms. The number of hydrogen-bond donors (Lipinski definition) is 2. The lowest BCUT2D eigenvalue weighted by atomic mass is 9.93. The molecule has 0 saturated heterocycles. The van der Waals surface area contributed by atoms with E-state index in [1.165, 1.54) is 18.2 Å². The summed E-state index contributed by atoms with van der Waals surface area (Å²) in [5.74, 6) is -0.171. The molecule has 3 N–H and O–H groups in total. The van der Waals surface area contributed by atoms with Gasteiger partial charge in [-0.15, -0.1) is 0 Å². The third-order valence-electron chi connectivity index (χ3n) is 3.18. The molecular weight excluding hydrogens is 243 g/mol. The second-order valence-electron chi connectivity index (χ2n) is 5.85. The van der Waals surface area contributed by atoms with Crippen molar-refractivity contribution in [2.24, 2.45) is 11.1 Å². The smallest absolute Gasteiger partial charge is 0.123 e. The number of aromatic hydroxyl groups is 1. The number of nitrogens with two attached hydrogens (primary N) is 1. The van der Waals surface area contributed by atoms with Crippen molar-refractivity contribution in [1.82, 2.24) is 4.90 Å². The highest BCUT2D eigenvalue weighted by Crippen LogP contribution is 2.22. The quantitative estimate of drug-likeness (QED) is 0.799. The first-order chi connectivity index (χ1) is 8.88. The van der Waals surface area contributed by atoms with Crippen molar-refractivity contribution in [3.05, 3.63) is 29.6 Å². The fraction of sp³-hybridized carbons (Fsp3) is 0.600. The average Bonchev–Trinajstić information content (AvgIpc) is 2.34. The molecule has 0 aliphatic heterocycles. The van der Waals surface area contributed by atoms with Gasteiger partial charge in [-0.1, -0.05) is 20.8 Å². The maximum absolute atomic E-state index is 13.2. The van der Waals surface area contributed by atoms with Gasteiger partial charge in [-0.05, 0) is 43.1 Å². The minimum absolute atomic E-state index is 0.0120. The van der Waals surface area contributed by atoms with Gasteiger partial charge in [0.25, 0.3) is 0 Å². The van der Waals surface area contributed by atoms with Gasteiger partial charge >= 0.3 is 0 Å². The molecule has 0 heterocycles. The number of phenolic OH excluding ortho intramolecular Hbond substituents is 1. The molecule has 1 aromatic rings. The van der Waals surface area contributed by atoms with Gasteiger partial charge in [0.2, 0.25) is 0 Å². The Morgan fingerprint density at radius 1 is 1.37 bits per heavy atom. The molecule has 1 aromatic carbocycles. The zero-order chi connectivity index (χ0) is 14.5. The summed E-state index contributed by atoms with van der Waals surface area (Å²) in [6, 6.07) is 4.07. The predicted molar refractivity (Wildman–Crippen MR) is 76.5 cm³/mol. The van der Waals surface area contributed by atoms with Crippen molar-refractivity contribution in [3.63, 3.8) is 0 Å². The fourth-order valence-corrected chi connectivity index (χ4v) is 2.12. The summed E-state index contributed by atoms with van der Waals surface area (Å²) in [5, 5.41) is 9.79. The molecule has 1 rings (SSSR count). The van der Waals surface area contributed by atoms with E-state index < -0.39 is 0 Å². The molecule has 0 aliphatic carbocycles. The van der Waals surface area contributed by atoms with Crippen LogP contribution in [0.2, 0.25) is 0 Å². The Labute approximate surface area is 115 Å². The van der Waals surface area contributed by atoms with E-state index >= 15 is 0 Å². The van der Waals surface area contributed by atoms with Crippen molar-refractivity contribution in [2.45, 2.75) is 33.7 Å². The molecule has 4 heteroatoms. The zero-order valence-corrected chi connectivity index (χ0v) is 12.1. The zero-order valence-electron chi connectivity index (χ0n) is 12.1. The number of benzene rings is 1. The van der Waals surface area contributed by atoms with Crippen LogP contribution < -0.4 is 5.73 Å². The third-order valence-corrected chi connectivity index (χ3v) is 3.18. The lowest BCUT2D eigenvalue weighted by Gasteiger charge is -2.31. The van der Waals surface area contributed by atoms with Crippen LogP contribution in [-0.4, -0.2) is 29.6 Å². The minimum atomic E-state index is -0.317. The summed E-state index contributed by atoms with van der Waals surface area (Å²) in [4.78, 5) is 2.21. The Morgan fingerprint density at radius 3 is 2.63 bits per heavy atom. The molecule has 0 aromatic heterocycles. The van der Waals surface area contributed by atoms with Crippen LogP contribution in [0.1, 0.15) is 32.8 Å². The van der Waals surface area contributed by atoms with Crippen LogP contribution in [0.4, 0.5) is 4.39 Å². The van der Waals surface area contributed by atoms with E-state index in [0.717, 1.165) is 19.5 Å². The monoisotopic (exact) mass is 268 g/mol. The molecule has 0 aliphatic rings. The Bertz CT molecular complexity index is 407. The molecule has 0 radical (unpaired) electrons. The van der Waals surface area contributed by atoms with Crippen LogP contribution in [0, 0.1) is 11.2 Å². The van der Waals surface area contributed by atoms with E-state index in [2.05, 4.69) is 25.7 Å². The normalized spacial score (nSPS) is 12.1. The summed E-state index contributed by atoms with van der Waals surface area (Å²) >= 11 is 0. The molecular formula is C15H25FN2O. The van der Waals surface area contributed by atoms with Crippen molar-refractivity contribution in [1.29, 1.82) is 0 Å². The molecule has 0 fully saturated rings. The Hall–Kier alpha value is -1.13. The van der Waals surface area contributed by atoms with Crippen LogP contribution in [0.5, 0.6) is 5.75 Å². The van der Waals surface area contributed by atoms with E-state index in [9.17, 15) is 9.50 Å². The van der Waals surface area contributed by atoms with E-state index in [1.807, 2.05) is 0 Å². The summed E-state index contributed by atoms with van der Waals surface area (Å²) in [7, 11) is 0. The lowest BCUT2D eigenvalue weighted by Crippen LogP contribution is -2.38. The highest BCUT2D eigenvalue weighted by molar-refractivity contribution is 5.32. The summed E-state index contributed by atoms with van der Waals surface area (Å²) in [6.45, 7) is 9.20. The number of nitrogens with zero attached hydrogens (tertiary/aromatic N) is 1. The average molecular weight is 268 g/mol.